The minimum Gasteiger partial charge on any atom is -0.379 e. The van der Waals surface area contributed by atoms with Gasteiger partial charge < -0.3 is 4.74 Å². The second-order valence-corrected chi connectivity index (χ2v) is 5.92. The summed E-state index contributed by atoms with van der Waals surface area (Å²) in [6.07, 6.45) is 0. The topological polar surface area (TPSA) is 53.4 Å². The lowest BCUT2D eigenvalue weighted by Gasteiger charge is -2.28. The van der Waals surface area contributed by atoms with Crippen molar-refractivity contribution in [1.29, 1.82) is 4.78 Å². The van der Waals surface area contributed by atoms with E-state index in [-0.39, 0.29) is 0 Å². The van der Waals surface area contributed by atoms with Gasteiger partial charge in [0.05, 0.1) is 18.1 Å². The molecule has 88 valence electrons. The first-order valence-corrected chi connectivity index (χ1v) is 6.80. The lowest BCUT2D eigenvalue weighted by molar-refractivity contribution is 0.0743. The molecular formula is C11H16N2O2S. The fourth-order valence-corrected chi connectivity index (χ4v) is 3.31. The second-order valence-electron chi connectivity index (χ2n) is 3.88. The summed E-state index contributed by atoms with van der Waals surface area (Å²) in [7, 11) is -2.83. The molecule has 5 heteroatoms. The van der Waals surface area contributed by atoms with E-state index in [4.69, 9.17) is 9.52 Å². The molecule has 1 saturated heterocycles. The number of nitrogens with one attached hydrogen (secondary N) is 1. The number of ether oxygens (including phenoxy) is 1. The van der Waals surface area contributed by atoms with Crippen LogP contribution in [0.15, 0.2) is 29.2 Å². The zero-order valence-electron chi connectivity index (χ0n) is 9.31. The molecule has 0 saturated carbocycles. The summed E-state index contributed by atoms with van der Waals surface area (Å²) in [5.74, 6) is 0. The van der Waals surface area contributed by atoms with E-state index in [1.54, 1.807) is 10.4 Å². The van der Waals surface area contributed by atoms with Crippen LogP contribution in [0.3, 0.4) is 0 Å². The molecule has 0 spiro atoms. The third kappa shape index (κ3) is 2.26. The lowest BCUT2D eigenvalue weighted by Crippen LogP contribution is -2.40. The van der Waals surface area contributed by atoms with Gasteiger partial charge in [0.15, 0.2) is 0 Å². The smallest absolute Gasteiger partial charge is 0.137 e. The summed E-state index contributed by atoms with van der Waals surface area (Å²) in [4.78, 5) is 0.592. The van der Waals surface area contributed by atoms with Gasteiger partial charge in [-0.15, -0.1) is 0 Å². The monoisotopic (exact) mass is 240 g/mol. The van der Waals surface area contributed by atoms with Gasteiger partial charge in [0.1, 0.15) is 9.92 Å². The van der Waals surface area contributed by atoms with E-state index in [1.807, 2.05) is 25.1 Å². The molecule has 1 fully saturated rings. The van der Waals surface area contributed by atoms with Crippen LogP contribution in [0.5, 0.6) is 0 Å². The number of hydrogen-bond acceptors (Lipinski definition) is 3. The fourth-order valence-electron chi connectivity index (χ4n) is 1.74. The highest BCUT2D eigenvalue weighted by Gasteiger charge is 2.22. The Labute approximate surface area is 96.3 Å². The van der Waals surface area contributed by atoms with Gasteiger partial charge in [0, 0.05) is 13.1 Å². The Bertz CT molecular complexity index is 465. The van der Waals surface area contributed by atoms with Crippen LogP contribution in [-0.2, 0) is 14.7 Å². The van der Waals surface area contributed by atoms with Crippen molar-refractivity contribution in [3.63, 3.8) is 0 Å². The maximum absolute atomic E-state index is 12.4. The van der Waals surface area contributed by atoms with E-state index in [1.165, 1.54) is 0 Å². The number of nitrogens with zero attached hydrogens (tertiary/aromatic N) is 1. The zero-order valence-corrected chi connectivity index (χ0v) is 10.1. The molecule has 1 N–H and O–H groups in total. The van der Waals surface area contributed by atoms with Crippen molar-refractivity contribution in [2.24, 2.45) is 0 Å². The van der Waals surface area contributed by atoms with Crippen molar-refractivity contribution in [1.82, 2.24) is 4.31 Å². The van der Waals surface area contributed by atoms with Crippen LogP contribution in [0.2, 0.25) is 0 Å². The fraction of sp³-hybridized carbons (Fsp3) is 0.455. The van der Waals surface area contributed by atoms with Gasteiger partial charge in [0.25, 0.3) is 0 Å². The number of morpholine rings is 1. The Hall–Kier alpha value is -0.910. The van der Waals surface area contributed by atoms with E-state index in [0.29, 0.717) is 31.2 Å². The van der Waals surface area contributed by atoms with E-state index in [9.17, 15) is 4.21 Å². The molecule has 1 unspecified atom stereocenters. The van der Waals surface area contributed by atoms with Crippen molar-refractivity contribution >= 4 is 9.92 Å². The molecule has 1 heterocycles. The number of rotatable bonds is 2. The quantitative estimate of drug-likeness (QED) is 0.854. The van der Waals surface area contributed by atoms with E-state index < -0.39 is 9.92 Å². The molecule has 1 aromatic rings. The Balaban J connectivity index is 2.30. The van der Waals surface area contributed by atoms with E-state index in [0.717, 1.165) is 5.56 Å². The highest BCUT2D eigenvalue weighted by Crippen LogP contribution is 2.18. The molecule has 0 amide bonds. The SMILES string of the molecule is Cc1cccc(S(=N)(=O)N2CCOCC2)c1. The standard InChI is InChI=1S/C11H16N2O2S/c1-10-3-2-4-11(9-10)16(12,14)13-5-7-15-8-6-13/h2-4,9,12H,5-8H2,1H3. The van der Waals surface area contributed by atoms with Crippen LogP contribution in [0, 0.1) is 11.7 Å². The van der Waals surface area contributed by atoms with Gasteiger partial charge >= 0.3 is 0 Å². The van der Waals surface area contributed by atoms with Crippen molar-refractivity contribution in [2.45, 2.75) is 11.8 Å². The van der Waals surface area contributed by atoms with Crippen LogP contribution in [0.25, 0.3) is 0 Å². The molecule has 1 aliphatic heterocycles. The zero-order chi connectivity index (χ0) is 11.6. The number of aryl methyl sites for hydroxylation is 1. The van der Waals surface area contributed by atoms with Crippen LogP contribution in [-0.4, -0.2) is 34.8 Å². The molecule has 0 bridgehead atoms. The normalized spacial score (nSPS) is 21.6. The minimum absolute atomic E-state index is 0.557. The van der Waals surface area contributed by atoms with Crippen LogP contribution in [0.4, 0.5) is 0 Å². The van der Waals surface area contributed by atoms with Crippen molar-refractivity contribution in [3.05, 3.63) is 29.8 Å². The Morgan fingerprint density at radius 1 is 1.38 bits per heavy atom. The molecule has 0 radical (unpaired) electrons. The first-order chi connectivity index (χ1) is 7.60. The van der Waals surface area contributed by atoms with Gasteiger partial charge in [-0.1, -0.05) is 12.1 Å². The van der Waals surface area contributed by atoms with E-state index in [2.05, 4.69) is 0 Å². The summed E-state index contributed by atoms with van der Waals surface area (Å²) in [5.41, 5.74) is 1.03. The predicted molar refractivity (Wildman–Crippen MR) is 62.7 cm³/mol. The maximum Gasteiger partial charge on any atom is 0.137 e. The Morgan fingerprint density at radius 2 is 2.06 bits per heavy atom. The number of benzene rings is 1. The van der Waals surface area contributed by atoms with Gasteiger partial charge in [-0.05, 0) is 24.6 Å². The van der Waals surface area contributed by atoms with E-state index >= 15 is 0 Å². The summed E-state index contributed by atoms with van der Waals surface area (Å²) >= 11 is 0. The van der Waals surface area contributed by atoms with Crippen molar-refractivity contribution in [3.8, 4) is 0 Å². The third-order valence-corrected chi connectivity index (χ3v) is 4.63. The molecule has 4 nitrogen and oxygen atoms in total. The van der Waals surface area contributed by atoms with Crippen molar-refractivity contribution < 1.29 is 8.95 Å². The first kappa shape index (κ1) is 11.6. The molecule has 16 heavy (non-hydrogen) atoms. The molecule has 1 aliphatic rings. The Morgan fingerprint density at radius 3 is 2.69 bits per heavy atom. The van der Waals surface area contributed by atoms with Gasteiger partial charge in [-0.2, -0.15) is 0 Å². The number of hydrogen-bond donors (Lipinski definition) is 1. The van der Waals surface area contributed by atoms with Gasteiger partial charge in [0.2, 0.25) is 0 Å². The molecule has 1 atom stereocenters. The highest BCUT2D eigenvalue weighted by molar-refractivity contribution is 7.90. The summed E-state index contributed by atoms with van der Waals surface area (Å²) in [6.45, 7) is 4.19. The van der Waals surface area contributed by atoms with Crippen LogP contribution in [0.1, 0.15) is 5.56 Å². The lowest BCUT2D eigenvalue weighted by atomic mass is 10.2. The highest BCUT2D eigenvalue weighted by atomic mass is 32.2. The Kier molecular flexibility index (Phi) is 3.28. The van der Waals surface area contributed by atoms with Gasteiger partial charge in [-0.25, -0.2) is 13.3 Å². The third-order valence-electron chi connectivity index (χ3n) is 2.64. The predicted octanol–water partition coefficient (Wildman–Crippen LogP) is 1.65. The maximum atomic E-state index is 12.4. The molecule has 0 aromatic heterocycles. The molecule has 1 aromatic carbocycles. The molecule has 2 rings (SSSR count). The summed E-state index contributed by atoms with van der Waals surface area (Å²) in [6, 6.07) is 7.38. The van der Waals surface area contributed by atoms with Crippen LogP contribution >= 0.6 is 0 Å². The minimum atomic E-state index is -2.83. The summed E-state index contributed by atoms with van der Waals surface area (Å²) in [5, 5.41) is 0. The van der Waals surface area contributed by atoms with Crippen LogP contribution < -0.4 is 0 Å². The molecular weight excluding hydrogens is 224 g/mol. The average Bonchev–Trinajstić information content (AvgIpc) is 2.30. The first-order valence-electron chi connectivity index (χ1n) is 5.29. The van der Waals surface area contributed by atoms with Crippen molar-refractivity contribution in [2.75, 3.05) is 26.3 Å². The average molecular weight is 240 g/mol. The summed E-state index contributed by atoms with van der Waals surface area (Å²) < 4.78 is 27.4. The second kappa shape index (κ2) is 4.53. The largest absolute Gasteiger partial charge is 0.379 e. The molecule has 0 aliphatic carbocycles. The van der Waals surface area contributed by atoms with Gasteiger partial charge in [-0.3, -0.25) is 0 Å².